The summed E-state index contributed by atoms with van der Waals surface area (Å²) in [6, 6.07) is 11.6. The number of benzene rings is 1. The van der Waals surface area contributed by atoms with E-state index in [1.807, 2.05) is 0 Å². The van der Waals surface area contributed by atoms with Crippen molar-refractivity contribution < 1.29 is 0 Å². The van der Waals surface area contributed by atoms with E-state index >= 15 is 0 Å². The number of likely N-dealkylation sites (tertiary alicyclic amines) is 1. The lowest BCUT2D eigenvalue weighted by atomic mass is 9.85. The predicted octanol–water partition coefficient (Wildman–Crippen LogP) is 7.94. The van der Waals surface area contributed by atoms with Crippen LogP contribution in [0.2, 0.25) is 0 Å². The van der Waals surface area contributed by atoms with Crippen molar-refractivity contribution in [1.82, 2.24) is 10.2 Å². The SMILES string of the molecule is C=C(CC(/C=C\C)=C/C)NC1CCN(CCC(C(/C=C\CC)=C(C)C)c2ccccc2)CC1. The van der Waals surface area contributed by atoms with E-state index in [1.165, 1.54) is 35.1 Å². The Balaban J connectivity index is 1.93. The van der Waals surface area contributed by atoms with Crippen molar-refractivity contribution in [2.45, 2.75) is 78.7 Å². The molecule has 1 N–H and O–H groups in total. The third-order valence-electron chi connectivity index (χ3n) is 6.59. The minimum Gasteiger partial charge on any atom is -0.386 e. The van der Waals surface area contributed by atoms with Gasteiger partial charge < -0.3 is 10.2 Å². The highest BCUT2D eigenvalue weighted by molar-refractivity contribution is 5.37. The van der Waals surface area contributed by atoms with E-state index in [4.69, 9.17) is 0 Å². The molecule has 1 aliphatic heterocycles. The first-order valence-electron chi connectivity index (χ1n) is 12.8. The fraction of sp³-hybridized carbons (Fsp3) is 0.484. The minimum absolute atomic E-state index is 0.459. The molecule has 1 fully saturated rings. The van der Waals surface area contributed by atoms with Crippen molar-refractivity contribution in [2.75, 3.05) is 19.6 Å². The van der Waals surface area contributed by atoms with Gasteiger partial charge in [0.1, 0.15) is 0 Å². The third kappa shape index (κ3) is 9.21. The van der Waals surface area contributed by atoms with Crippen molar-refractivity contribution in [1.29, 1.82) is 0 Å². The van der Waals surface area contributed by atoms with Gasteiger partial charge in [0.2, 0.25) is 0 Å². The standard InChI is InChI=1S/C31H46N2/c1-7-10-17-30(25(4)5)31(28-15-12-11-13-16-28)20-23-33-21-18-29(19-22-33)32-26(6)24-27(9-3)14-8-2/h8-17,29,31-32H,6-7,18-24H2,1-5H3/b14-8-,17-10-,27-9+. The molecule has 1 aliphatic rings. The molecule has 2 nitrogen and oxygen atoms in total. The lowest BCUT2D eigenvalue weighted by Gasteiger charge is -2.34. The van der Waals surface area contributed by atoms with Crippen molar-refractivity contribution in [3.63, 3.8) is 0 Å². The van der Waals surface area contributed by atoms with Gasteiger partial charge >= 0.3 is 0 Å². The molecular weight excluding hydrogens is 400 g/mol. The average molecular weight is 447 g/mol. The first-order chi connectivity index (χ1) is 16.0. The van der Waals surface area contributed by atoms with Crippen molar-refractivity contribution in [3.05, 3.63) is 95.3 Å². The highest BCUT2D eigenvalue weighted by Gasteiger charge is 2.22. The van der Waals surface area contributed by atoms with Gasteiger partial charge in [-0.3, -0.25) is 0 Å². The van der Waals surface area contributed by atoms with E-state index in [-0.39, 0.29) is 0 Å². The molecule has 0 bridgehead atoms. The topological polar surface area (TPSA) is 15.3 Å². The normalized spacial score (nSPS) is 16.9. The van der Waals surface area contributed by atoms with Crippen molar-refractivity contribution >= 4 is 0 Å². The molecule has 0 saturated carbocycles. The van der Waals surface area contributed by atoms with Gasteiger partial charge in [-0.25, -0.2) is 0 Å². The number of hydrogen-bond acceptors (Lipinski definition) is 2. The summed E-state index contributed by atoms with van der Waals surface area (Å²) in [5.74, 6) is 0.459. The lowest BCUT2D eigenvalue weighted by molar-refractivity contribution is 0.198. The van der Waals surface area contributed by atoms with Crippen LogP contribution in [0, 0.1) is 0 Å². The van der Waals surface area contributed by atoms with Crippen molar-refractivity contribution in [3.8, 4) is 0 Å². The summed E-state index contributed by atoms with van der Waals surface area (Å²) < 4.78 is 0. The maximum absolute atomic E-state index is 4.28. The molecule has 2 heteroatoms. The first-order valence-corrected chi connectivity index (χ1v) is 12.8. The molecule has 1 aromatic rings. The minimum atomic E-state index is 0.459. The van der Waals surface area contributed by atoms with E-state index in [0.29, 0.717) is 12.0 Å². The molecule has 180 valence electrons. The molecule has 1 heterocycles. The highest BCUT2D eigenvalue weighted by Crippen LogP contribution is 2.32. The molecule has 0 radical (unpaired) electrons. The van der Waals surface area contributed by atoms with Crippen LogP contribution in [0.15, 0.2) is 89.7 Å². The fourth-order valence-electron chi connectivity index (χ4n) is 4.73. The van der Waals surface area contributed by atoms with E-state index in [1.54, 1.807) is 0 Å². The molecule has 1 saturated heterocycles. The maximum Gasteiger partial charge on any atom is 0.0282 e. The van der Waals surface area contributed by atoms with Crippen LogP contribution in [0.1, 0.15) is 78.2 Å². The Bertz CT molecular complexity index is 829. The van der Waals surface area contributed by atoms with Crippen LogP contribution in [-0.4, -0.2) is 30.6 Å². The Morgan fingerprint density at radius 3 is 2.39 bits per heavy atom. The molecule has 0 aliphatic carbocycles. The van der Waals surface area contributed by atoms with Gasteiger partial charge in [0.05, 0.1) is 0 Å². The van der Waals surface area contributed by atoms with Crippen LogP contribution in [0.4, 0.5) is 0 Å². The average Bonchev–Trinajstić information content (AvgIpc) is 2.82. The van der Waals surface area contributed by atoms with E-state index in [0.717, 1.165) is 44.6 Å². The van der Waals surface area contributed by atoms with Crippen molar-refractivity contribution in [2.24, 2.45) is 0 Å². The van der Waals surface area contributed by atoms with Crippen LogP contribution in [0.25, 0.3) is 0 Å². The Kier molecular flexibility index (Phi) is 12.0. The lowest BCUT2D eigenvalue weighted by Crippen LogP contribution is -2.42. The van der Waals surface area contributed by atoms with Gasteiger partial charge in [0.15, 0.2) is 0 Å². The fourth-order valence-corrected chi connectivity index (χ4v) is 4.73. The van der Waals surface area contributed by atoms with Gasteiger partial charge in [-0.05, 0) is 76.6 Å². The molecule has 0 amide bonds. The molecular formula is C31H46N2. The molecule has 33 heavy (non-hydrogen) atoms. The second kappa shape index (κ2) is 14.8. The summed E-state index contributed by atoms with van der Waals surface area (Å²) >= 11 is 0. The van der Waals surface area contributed by atoms with Gasteiger partial charge in [-0.15, -0.1) is 0 Å². The van der Waals surface area contributed by atoms with Gasteiger partial charge in [-0.2, -0.15) is 0 Å². The van der Waals surface area contributed by atoms with E-state index in [9.17, 15) is 0 Å². The number of allylic oxidation sites excluding steroid dienone is 8. The van der Waals surface area contributed by atoms with E-state index in [2.05, 4.69) is 112 Å². The first kappa shape index (κ1) is 26.9. The zero-order chi connectivity index (χ0) is 24.1. The van der Waals surface area contributed by atoms with Crippen LogP contribution < -0.4 is 5.32 Å². The zero-order valence-electron chi connectivity index (χ0n) is 21.7. The largest absolute Gasteiger partial charge is 0.386 e. The summed E-state index contributed by atoms with van der Waals surface area (Å²) in [6.45, 7) is 18.6. The summed E-state index contributed by atoms with van der Waals surface area (Å²) in [5.41, 5.74) is 6.81. The van der Waals surface area contributed by atoms with Crippen LogP contribution in [0.5, 0.6) is 0 Å². The zero-order valence-corrected chi connectivity index (χ0v) is 21.7. The van der Waals surface area contributed by atoms with Gasteiger partial charge in [-0.1, -0.05) is 79.8 Å². The number of piperidine rings is 1. The molecule has 1 atom stereocenters. The number of hydrogen-bond donors (Lipinski definition) is 1. The van der Waals surface area contributed by atoms with E-state index < -0.39 is 0 Å². The van der Waals surface area contributed by atoms with Gasteiger partial charge in [0.25, 0.3) is 0 Å². The molecule has 0 aromatic heterocycles. The monoisotopic (exact) mass is 446 g/mol. The molecule has 1 aromatic carbocycles. The summed E-state index contributed by atoms with van der Waals surface area (Å²) in [7, 11) is 0. The molecule has 2 rings (SSSR count). The molecule has 0 spiro atoms. The Labute approximate surface area is 203 Å². The van der Waals surface area contributed by atoms with Crippen LogP contribution in [-0.2, 0) is 0 Å². The Morgan fingerprint density at radius 2 is 1.82 bits per heavy atom. The smallest absolute Gasteiger partial charge is 0.0282 e. The third-order valence-corrected chi connectivity index (χ3v) is 6.59. The molecule has 1 unspecified atom stereocenters. The summed E-state index contributed by atoms with van der Waals surface area (Å²) in [6.07, 6.45) is 16.7. The maximum atomic E-state index is 4.28. The van der Waals surface area contributed by atoms with Crippen LogP contribution >= 0.6 is 0 Å². The Morgan fingerprint density at radius 1 is 1.12 bits per heavy atom. The second-order valence-corrected chi connectivity index (χ2v) is 9.42. The number of nitrogens with one attached hydrogen (secondary N) is 1. The second-order valence-electron chi connectivity index (χ2n) is 9.42. The van der Waals surface area contributed by atoms with Gasteiger partial charge in [0, 0.05) is 37.2 Å². The summed E-state index contributed by atoms with van der Waals surface area (Å²) in [5, 5.41) is 3.70. The Hall–Kier alpha value is -2.32. The quantitative estimate of drug-likeness (QED) is 0.328. The summed E-state index contributed by atoms with van der Waals surface area (Å²) in [4.78, 5) is 2.65. The number of rotatable bonds is 12. The predicted molar refractivity (Wildman–Crippen MR) is 147 cm³/mol. The number of nitrogens with zero attached hydrogens (tertiary/aromatic N) is 1. The van der Waals surface area contributed by atoms with Crippen LogP contribution in [0.3, 0.4) is 0 Å². The highest BCUT2D eigenvalue weighted by atomic mass is 15.1.